The average Bonchev–Trinajstić information content (AvgIpc) is 1.22. The highest BCUT2D eigenvalue weighted by atomic mass is 16.5. The number of esters is 1. The molecule has 17 aliphatic rings. The number of allylic oxidation sites excluding steroid dienone is 6. The van der Waals surface area contributed by atoms with Crippen molar-refractivity contribution in [2.45, 2.75) is 450 Å². The maximum Gasteiger partial charge on any atom is 0.306 e. The number of unbranched alkanes of at least 4 members (excludes halogenated alkanes) is 22. The lowest BCUT2D eigenvalue weighted by Gasteiger charge is -2.57. The third-order valence-electron chi connectivity index (χ3n) is 44.5. The number of carbonyl (C=O) groups excluding carboxylic acids is 5. The van der Waals surface area contributed by atoms with Gasteiger partial charge in [0, 0.05) is 113 Å². The Morgan fingerprint density at radius 2 is 0.682 bits per heavy atom. The Labute approximate surface area is 893 Å². The molecule has 0 amide bonds. The van der Waals surface area contributed by atoms with Crippen LogP contribution in [-0.4, -0.2) is 142 Å². The Hall–Kier alpha value is -6.11. The zero-order chi connectivity index (χ0) is 105. The Morgan fingerprint density at radius 1 is 0.338 bits per heavy atom. The molecule has 0 aromatic heterocycles. The normalized spacial score (nSPS) is 37.3. The number of carbonyl (C=O) groups is 5. The first-order chi connectivity index (χ1) is 71.4. The second-order valence-electron chi connectivity index (χ2n) is 52.6. The molecule has 17 aliphatic carbocycles. The summed E-state index contributed by atoms with van der Waals surface area (Å²) in [6, 6.07) is 18.3. The van der Waals surface area contributed by atoms with Crippen LogP contribution in [0, 0.1) is 121 Å². The lowest BCUT2D eigenvalue weighted by atomic mass is 9.46. The van der Waals surface area contributed by atoms with Gasteiger partial charge in [0.05, 0.1) is 32.0 Å². The van der Waals surface area contributed by atoms with E-state index in [-0.39, 0.29) is 73.8 Å². The molecule has 3 aromatic carbocycles. The second kappa shape index (κ2) is 51.3. The van der Waals surface area contributed by atoms with Gasteiger partial charge in [-0.3, -0.25) is 24.0 Å². The van der Waals surface area contributed by atoms with Gasteiger partial charge in [-0.05, 0) is 385 Å². The van der Waals surface area contributed by atoms with Crippen molar-refractivity contribution in [2.75, 3.05) is 68.6 Å². The van der Waals surface area contributed by atoms with E-state index in [1.165, 1.54) is 237 Å². The fraction of sp³-hybridized carbons (Fsp3) is 0.765. The van der Waals surface area contributed by atoms with Crippen LogP contribution in [0.1, 0.15) is 465 Å². The third kappa shape index (κ3) is 24.5. The number of fused-ring (bicyclic) bond motifs is 25. The van der Waals surface area contributed by atoms with Gasteiger partial charge >= 0.3 is 5.97 Å². The van der Waals surface area contributed by atoms with Crippen LogP contribution in [0.2, 0.25) is 0 Å². The van der Waals surface area contributed by atoms with Gasteiger partial charge in [0.25, 0.3) is 0 Å². The van der Waals surface area contributed by atoms with Gasteiger partial charge in [0.15, 0.2) is 11.6 Å². The highest BCUT2D eigenvalue weighted by molar-refractivity contribution is 6.02. The zero-order valence-electron chi connectivity index (χ0n) is 94.2. The van der Waals surface area contributed by atoms with Gasteiger partial charge in [-0.2, -0.15) is 0 Å². The molecule has 12 saturated carbocycles. The highest BCUT2D eigenvalue weighted by Crippen LogP contribution is 2.71. The summed E-state index contributed by atoms with van der Waals surface area (Å²) >= 11 is 0. The average molecular weight is 2040 g/mol. The number of benzene rings is 3. The summed E-state index contributed by atoms with van der Waals surface area (Å²) in [5, 5.41) is 51.9. The molecule has 16 nitrogen and oxygen atoms in total. The lowest BCUT2D eigenvalue weighted by molar-refractivity contribution is -0.157. The van der Waals surface area contributed by atoms with Crippen molar-refractivity contribution in [3.05, 3.63) is 136 Å². The Kier molecular flexibility index (Phi) is 39.6. The van der Waals surface area contributed by atoms with E-state index in [0.29, 0.717) is 173 Å². The molecule has 0 spiro atoms. The van der Waals surface area contributed by atoms with Crippen LogP contribution in [0.5, 0.6) is 17.2 Å². The van der Waals surface area contributed by atoms with E-state index < -0.39 is 0 Å². The Bertz CT molecular complexity index is 4910. The first-order valence-electron chi connectivity index (χ1n) is 60.8. The third-order valence-corrected chi connectivity index (χ3v) is 44.5. The van der Waals surface area contributed by atoms with E-state index in [2.05, 4.69) is 97.9 Å². The molecule has 0 radical (unpaired) electrons. The number of rotatable bonds is 39. The van der Waals surface area contributed by atoms with E-state index in [1.807, 2.05) is 36.4 Å². The van der Waals surface area contributed by atoms with Crippen LogP contribution in [0.4, 0.5) is 0 Å². The van der Waals surface area contributed by atoms with Gasteiger partial charge < -0.3 is 54.0 Å². The molecule has 20 rings (SSSR count). The summed E-state index contributed by atoms with van der Waals surface area (Å²) in [4.78, 5) is 61.9. The summed E-state index contributed by atoms with van der Waals surface area (Å²) in [6.45, 7) is 22.2. The monoisotopic (exact) mass is 2040 g/mol. The maximum absolute atomic E-state index is 12.9. The number of ketones is 4. The minimum Gasteiger partial charge on any atom is -0.508 e. The molecule has 16 heteroatoms. The van der Waals surface area contributed by atoms with E-state index in [9.17, 15) is 49.5 Å². The molecular formula is C132H198O16. The predicted octanol–water partition coefficient (Wildman–Crippen LogP) is 30.4. The van der Waals surface area contributed by atoms with E-state index in [1.54, 1.807) is 47.7 Å². The summed E-state index contributed by atoms with van der Waals surface area (Å²) < 4.78 is 33.2. The van der Waals surface area contributed by atoms with E-state index in [0.717, 1.165) is 154 Å². The summed E-state index contributed by atoms with van der Waals surface area (Å²) in [7, 11) is 8.83. The van der Waals surface area contributed by atoms with Gasteiger partial charge in [0.2, 0.25) is 0 Å². The number of hydrogen-bond acceptors (Lipinski definition) is 16. The SMILES string of the molecule is CCCCCCCCCCCCCCCCCC(=O)O[C@H]1CC[C@H]2[C@@H]3C[C@@H](COC)c4cc(O)ccc4[C@H]3CC[C@]12C.COCCCCCCCC[C@@H]1C[C@@H]2[C@H](CC[C@]3(C)[C@@H](O)CC[C@@H]23)c2ccc(O)cc21.COCCCCCC[C@@H]1C[C@@H]2[C@H](CC[C@]3(C)[C@@H](O)CC[C@@H]23)c2ccc(O)cc21.COC[C@@H]1C[C@@H]2[C@H](CC[C@]3(C)C(=O)CC[C@@H]23)[C@@]2(C)C=CC(=O)C=C12.COC[C@H]1C[C@@H]2[C@H](CC[C@]3(C)C(=O)CC[C@@H]23)[C@@]2(C)C=CC(=O)C=C12. The molecule has 0 saturated heterocycles. The predicted molar refractivity (Wildman–Crippen MR) is 592 cm³/mol. The second-order valence-corrected chi connectivity index (χ2v) is 52.6. The number of phenolic OH excluding ortho intramolecular Hbond substituents is 3. The maximum atomic E-state index is 12.9. The van der Waals surface area contributed by atoms with Crippen LogP contribution < -0.4 is 0 Å². The van der Waals surface area contributed by atoms with Crippen molar-refractivity contribution in [1.82, 2.24) is 0 Å². The molecule has 148 heavy (non-hydrogen) atoms. The first-order valence-corrected chi connectivity index (χ1v) is 60.8. The molecule has 0 unspecified atom stereocenters. The number of methoxy groups -OCH3 is 5. The number of aliphatic hydroxyl groups is 2. The molecule has 5 N–H and O–H groups in total. The topological polar surface area (TPSA) is 242 Å². The van der Waals surface area contributed by atoms with E-state index in [4.69, 9.17) is 28.4 Å². The van der Waals surface area contributed by atoms with Crippen LogP contribution in [-0.2, 0) is 52.4 Å². The minimum atomic E-state index is -0.112. The number of phenols is 3. The van der Waals surface area contributed by atoms with Gasteiger partial charge in [-0.15, -0.1) is 0 Å². The Balaban J connectivity index is 0.000000134. The molecule has 822 valence electrons. The molecule has 12 fully saturated rings. The molecule has 30 atom stereocenters. The number of ether oxygens (including phenoxy) is 6. The molecule has 0 heterocycles. The van der Waals surface area contributed by atoms with Gasteiger partial charge in [0.1, 0.15) is 34.9 Å². The quantitative estimate of drug-likeness (QED) is 0.0263. The highest BCUT2D eigenvalue weighted by Gasteiger charge is 2.65. The minimum absolute atomic E-state index is 0.0282. The van der Waals surface area contributed by atoms with Crippen LogP contribution >= 0.6 is 0 Å². The summed E-state index contributed by atoms with van der Waals surface area (Å²) in [5.41, 5.74) is 11.1. The van der Waals surface area contributed by atoms with E-state index >= 15 is 0 Å². The smallest absolute Gasteiger partial charge is 0.306 e. The molecule has 0 aliphatic heterocycles. The van der Waals surface area contributed by atoms with Gasteiger partial charge in [-0.25, -0.2) is 0 Å². The number of aliphatic hydroxyl groups excluding tert-OH is 2. The van der Waals surface area contributed by atoms with Crippen LogP contribution in [0.15, 0.2) is 102 Å². The van der Waals surface area contributed by atoms with Crippen molar-refractivity contribution in [3.63, 3.8) is 0 Å². The number of hydrogen-bond donors (Lipinski definition) is 5. The fourth-order valence-electron chi connectivity index (χ4n) is 36.4. The van der Waals surface area contributed by atoms with Crippen molar-refractivity contribution >= 4 is 29.1 Å². The van der Waals surface area contributed by atoms with Crippen molar-refractivity contribution in [2.24, 2.45) is 121 Å². The number of aromatic hydroxyl groups is 3. The van der Waals surface area contributed by atoms with Gasteiger partial charge in [-0.1, -0.05) is 238 Å². The van der Waals surface area contributed by atoms with Crippen LogP contribution in [0.3, 0.4) is 0 Å². The molecule has 0 bridgehead atoms. The molecular weight excluding hydrogens is 1840 g/mol. The van der Waals surface area contributed by atoms with Crippen molar-refractivity contribution in [3.8, 4) is 17.2 Å². The first kappa shape index (κ1) is 114. The zero-order valence-corrected chi connectivity index (χ0v) is 94.2. The summed E-state index contributed by atoms with van der Waals surface area (Å²) in [5.74, 6) is 13.4. The van der Waals surface area contributed by atoms with Crippen molar-refractivity contribution < 1.29 is 77.9 Å². The largest absolute Gasteiger partial charge is 0.508 e. The Morgan fingerprint density at radius 3 is 1.08 bits per heavy atom. The molecule has 3 aromatic rings. The number of Topliss-reactive ketones (excluding diaryl/α,β-unsaturated/α-hetero) is 2. The van der Waals surface area contributed by atoms with Crippen LogP contribution in [0.25, 0.3) is 0 Å². The summed E-state index contributed by atoms with van der Waals surface area (Å²) in [6.07, 6.45) is 74.1. The van der Waals surface area contributed by atoms with Crippen molar-refractivity contribution in [1.29, 1.82) is 0 Å². The fourth-order valence-corrected chi connectivity index (χ4v) is 36.4. The standard InChI is InChI=1S/C38H62O4.C27H42O3.C25H38O3.2C21H28O3/c1-4-5-6-7-8-9-10-11-12-13-14-15-16-17-18-19-37(40)42-36-23-22-35-34-26-29(28-41-3)33-27-30(39)20-21-31(33)32(34)24-25-38(35,36)2;1-27-15-14-22-21-11-10-20(28)18-23(21)19(9-7-5-3-4-6-8-16-30-2)17-24(22)25(27)12-13-26(27)29;1-25-13-12-20-19-9-8-18(26)16-21(19)17(7-5-3-4-6-14-28-2)15-22(20)23(25)10-11-24(25)27;2*1-20-8-6-14(22)11-18(20)13(12-24-3)10-15-16-4-5-19(23)21(16,2)9-7-17(15)20/h20-21,27,29,32,34-36,39H,4-19,22-26,28H2,1-3H3;10-11,18-19,22,24-26,28-29H,3-9,12-17H2,1-2H3;8-9,16-17,20,22-24,26-27H,3-7,10-15H2,1-2H3;2*6,8,11,13,15-17H,4-5,7,9-10,12H2,1-3H3/t29-,32+,34+,35-,36-,38-;19-,22-,24-,25+,26+,27+;17-,20-,22-,23+,24+,25+;13-,15+,16+,17+,20-,21+;13-,15-,16-,17-,20+,21-/m01110/s1. The lowest BCUT2D eigenvalue weighted by Crippen LogP contribution is -2.52.